The first kappa shape index (κ1) is 31.2. The molecule has 2 aromatic heterocycles. The highest BCUT2D eigenvalue weighted by Crippen LogP contribution is 2.50. The molecule has 0 spiro atoms. The van der Waals surface area contributed by atoms with Crippen molar-refractivity contribution in [1.82, 2.24) is 9.55 Å². The van der Waals surface area contributed by atoms with Crippen LogP contribution in [0.4, 0.5) is 0 Å². The highest BCUT2D eigenvalue weighted by atomic mass is 16.5. The Morgan fingerprint density at radius 1 is 0.938 bits per heavy atom. The standard InChI is InChI=1S/C43H49N3O2/c1-25(2)27-18-28(40-45-43(9,24-47-40)29-13-10-11-14-29)20-31(19-27)48-37-23-36-34(17-26(37)3)42(7,8)35-22-30(41(4,5)6)21-33-32-15-12-16-44-39(32)46(36)38(33)35/h12,15-23,25,29H,10-11,13-14,24H2,1-9H3/t43-/m0/s1. The van der Waals surface area contributed by atoms with Crippen LogP contribution >= 0.6 is 0 Å². The molecule has 0 amide bonds. The van der Waals surface area contributed by atoms with Crippen LogP contribution in [0.2, 0.25) is 0 Å². The summed E-state index contributed by atoms with van der Waals surface area (Å²) in [5, 5.41) is 2.45. The fraction of sp³-hybridized carbons (Fsp3) is 0.442. The molecule has 5 heteroatoms. The second-order valence-electron chi connectivity index (χ2n) is 16.7. The number of rotatable bonds is 5. The van der Waals surface area contributed by atoms with Crippen molar-refractivity contribution in [2.45, 2.75) is 110 Å². The smallest absolute Gasteiger partial charge is 0.216 e. The van der Waals surface area contributed by atoms with Crippen LogP contribution in [-0.2, 0) is 15.6 Å². The van der Waals surface area contributed by atoms with Gasteiger partial charge in [-0.3, -0.25) is 4.57 Å². The van der Waals surface area contributed by atoms with Gasteiger partial charge in [0.2, 0.25) is 5.90 Å². The number of aromatic nitrogens is 2. The van der Waals surface area contributed by atoms with Gasteiger partial charge in [0.05, 0.1) is 16.7 Å². The zero-order chi connectivity index (χ0) is 33.7. The van der Waals surface area contributed by atoms with Crippen molar-refractivity contribution in [2.24, 2.45) is 10.9 Å². The molecule has 0 unspecified atom stereocenters. The van der Waals surface area contributed by atoms with Crippen LogP contribution in [-0.4, -0.2) is 27.6 Å². The summed E-state index contributed by atoms with van der Waals surface area (Å²) in [6, 6.07) is 20.2. The first-order valence-electron chi connectivity index (χ1n) is 17.9. The predicted molar refractivity (Wildman–Crippen MR) is 198 cm³/mol. The van der Waals surface area contributed by atoms with E-state index in [1.165, 1.54) is 64.2 Å². The first-order valence-corrected chi connectivity index (χ1v) is 17.9. The van der Waals surface area contributed by atoms with Crippen molar-refractivity contribution in [3.05, 3.63) is 94.2 Å². The molecule has 3 aliphatic rings. The quantitative estimate of drug-likeness (QED) is 0.192. The van der Waals surface area contributed by atoms with Gasteiger partial charge in [-0.05, 0) is 114 Å². The van der Waals surface area contributed by atoms with Crippen LogP contribution in [0.1, 0.15) is 120 Å². The Morgan fingerprint density at radius 3 is 2.44 bits per heavy atom. The third kappa shape index (κ3) is 4.79. The molecule has 4 heterocycles. The summed E-state index contributed by atoms with van der Waals surface area (Å²) in [6.45, 7) is 21.2. The van der Waals surface area contributed by atoms with E-state index >= 15 is 0 Å². The third-order valence-corrected chi connectivity index (χ3v) is 11.5. The van der Waals surface area contributed by atoms with E-state index < -0.39 is 0 Å². The molecule has 2 aliphatic heterocycles. The van der Waals surface area contributed by atoms with Crippen molar-refractivity contribution in [3.63, 3.8) is 0 Å². The number of ether oxygens (including phenoxy) is 2. The number of benzene rings is 3. The lowest BCUT2D eigenvalue weighted by atomic mass is 9.72. The number of fused-ring (bicyclic) bond motifs is 5. The summed E-state index contributed by atoms with van der Waals surface area (Å²) in [5.41, 5.74) is 10.3. The molecule has 0 radical (unpaired) electrons. The number of nitrogens with zero attached hydrogens (tertiary/aromatic N) is 3. The molecule has 5 nitrogen and oxygen atoms in total. The molecular weight excluding hydrogens is 590 g/mol. The minimum absolute atomic E-state index is 0.0267. The van der Waals surface area contributed by atoms with Gasteiger partial charge in [-0.1, -0.05) is 67.4 Å². The summed E-state index contributed by atoms with van der Waals surface area (Å²) in [5.74, 6) is 3.34. The molecule has 1 aliphatic carbocycles. The SMILES string of the molecule is Cc1cc2c(cc1Oc1cc(C3=N[C@](C)(C4CCCC4)CO3)cc(C(C)C)c1)-n1c3ncccc3c3cc(C(C)(C)C)cc(c31)C2(C)C. The molecule has 1 fully saturated rings. The van der Waals surface area contributed by atoms with Crippen molar-refractivity contribution in [2.75, 3.05) is 6.61 Å². The van der Waals surface area contributed by atoms with Crippen LogP contribution in [0.3, 0.4) is 0 Å². The van der Waals surface area contributed by atoms with E-state index in [2.05, 4.69) is 121 Å². The lowest BCUT2D eigenvalue weighted by molar-refractivity contribution is 0.207. The molecule has 248 valence electrons. The van der Waals surface area contributed by atoms with Crippen LogP contribution in [0.5, 0.6) is 11.5 Å². The molecular formula is C43H49N3O2. The van der Waals surface area contributed by atoms with Gasteiger partial charge < -0.3 is 9.47 Å². The van der Waals surface area contributed by atoms with Crippen molar-refractivity contribution in [3.8, 4) is 17.2 Å². The minimum Gasteiger partial charge on any atom is -0.475 e. The average Bonchev–Trinajstić information content (AvgIpc) is 3.79. The molecule has 5 aromatic rings. The van der Waals surface area contributed by atoms with E-state index in [0.29, 0.717) is 18.4 Å². The zero-order valence-electron chi connectivity index (χ0n) is 30.1. The summed E-state index contributed by atoms with van der Waals surface area (Å²) in [7, 11) is 0. The van der Waals surface area contributed by atoms with Crippen LogP contribution < -0.4 is 4.74 Å². The third-order valence-electron chi connectivity index (χ3n) is 11.5. The molecule has 0 bridgehead atoms. The normalized spacial score (nSPS) is 20.4. The first-order chi connectivity index (χ1) is 22.7. The molecule has 48 heavy (non-hydrogen) atoms. The average molecular weight is 640 g/mol. The van der Waals surface area contributed by atoms with E-state index in [-0.39, 0.29) is 16.4 Å². The largest absolute Gasteiger partial charge is 0.475 e. The highest BCUT2D eigenvalue weighted by molar-refractivity contribution is 6.10. The Morgan fingerprint density at radius 2 is 1.71 bits per heavy atom. The summed E-state index contributed by atoms with van der Waals surface area (Å²) >= 11 is 0. The second kappa shape index (κ2) is 10.7. The summed E-state index contributed by atoms with van der Waals surface area (Å²) in [6.07, 6.45) is 6.99. The Hall–Kier alpha value is -4.12. The Kier molecular flexibility index (Phi) is 6.94. The predicted octanol–water partition coefficient (Wildman–Crippen LogP) is 11.1. The van der Waals surface area contributed by atoms with Crippen LogP contribution in [0.25, 0.3) is 27.6 Å². The van der Waals surface area contributed by atoms with Gasteiger partial charge in [0, 0.05) is 34.0 Å². The molecule has 1 atom stereocenters. The summed E-state index contributed by atoms with van der Waals surface area (Å²) in [4.78, 5) is 10.2. The van der Waals surface area contributed by atoms with Crippen LogP contribution in [0, 0.1) is 12.8 Å². The second-order valence-corrected chi connectivity index (χ2v) is 16.7. The van der Waals surface area contributed by atoms with E-state index in [1.807, 2.05) is 6.20 Å². The van der Waals surface area contributed by atoms with E-state index in [9.17, 15) is 0 Å². The maximum Gasteiger partial charge on any atom is 0.216 e. The Bertz CT molecular complexity index is 2140. The van der Waals surface area contributed by atoms with E-state index in [0.717, 1.165) is 39.9 Å². The van der Waals surface area contributed by atoms with E-state index in [1.54, 1.807) is 0 Å². The fourth-order valence-corrected chi connectivity index (χ4v) is 8.41. The number of aryl methyl sites for hydroxylation is 1. The van der Waals surface area contributed by atoms with Crippen molar-refractivity contribution in [1.29, 1.82) is 0 Å². The zero-order valence-corrected chi connectivity index (χ0v) is 30.1. The van der Waals surface area contributed by atoms with Crippen molar-refractivity contribution >= 4 is 27.8 Å². The Labute approximate surface area is 285 Å². The lowest BCUT2D eigenvalue weighted by Crippen LogP contribution is -2.32. The van der Waals surface area contributed by atoms with Gasteiger partial charge in [-0.2, -0.15) is 0 Å². The molecule has 0 saturated heterocycles. The Balaban J connectivity index is 1.26. The molecule has 3 aromatic carbocycles. The number of hydrogen-bond acceptors (Lipinski definition) is 4. The number of aliphatic imine (C=N–C) groups is 1. The van der Waals surface area contributed by atoms with Gasteiger partial charge in [0.1, 0.15) is 23.8 Å². The van der Waals surface area contributed by atoms with Gasteiger partial charge in [-0.25, -0.2) is 9.98 Å². The number of pyridine rings is 1. The molecule has 8 rings (SSSR count). The van der Waals surface area contributed by atoms with Crippen molar-refractivity contribution < 1.29 is 9.47 Å². The van der Waals surface area contributed by atoms with Gasteiger partial charge >= 0.3 is 0 Å². The molecule has 1 saturated carbocycles. The fourth-order valence-electron chi connectivity index (χ4n) is 8.41. The maximum absolute atomic E-state index is 6.88. The van der Waals surface area contributed by atoms with Gasteiger partial charge in [-0.15, -0.1) is 0 Å². The minimum atomic E-state index is -0.211. The lowest BCUT2D eigenvalue weighted by Gasteiger charge is -2.36. The van der Waals surface area contributed by atoms with E-state index in [4.69, 9.17) is 19.5 Å². The molecule has 0 N–H and O–H groups in total. The van der Waals surface area contributed by atoms with Crippen LogP contribution in [0.15, 0.2) is 65.8 Å². The topological polar surface area (TPSA) is 48.6 Å². The van der Waals surface area contributed by atoms with Gasteiger partial charge in [0.25, 0.3) is 0 Å². The highest BCUT2D eigenvalue weighted by Gasteiger charge is 2.41. The number of hydrogen-bond donors (Lipinski definition) is 0. The monoisotopic (exact) mass is 639 g/mol. The summed E-state index contributed by atoms with van der Waals surface area (Å²) < 4.78 is 15.6. The maximum atomic E-state index is 6.88. The van der Waals surface area contributed by atoms with Gasteiger partial charge in [0.15, 0.2) is 0 Å².